The van der Waals surface area contributed by atoms with Crippen LogP contribution in [0.25, 0.3) is 5.65 Å². The first kappa shape index (κ1) is 22.1. The van der Waals surface area contributed by atoms with Crippen molar-refractivity contribution in [2.24, 2.45) is 0 Å². The van der Waals surface area contributed by atoms with Crippen molar-refractivity contribution in [3.05, 3.63) is 65.1 Å². The van der Waals surface area contributed by atoms with E-state index in [1.165, 1.54) is 0 Å². The maximum atomic E-state index is 12.5. The summed E-state index contributed by atoms with van der Waals surface area (Å²) >= 11 is 0. The number of anilines is 1. The van der Waals surface area contributed by atoms with E-state index in [1.54, 1.807) is 7.11 Å². The molecule has 3 unspecified atom stereocenters. The maximum absolute atomic E-state index is 12.5. The lowest BCUT2D eigenvalue weighted by atomic mass is 9.88. The van der Waals surface area contributed by atoms with E-state index in [2.05, 4.69) is 15.0 Å². The molecule has 8 heteroatoms. The number of aromatic nitrogens is 2. The Hall–Kier alpha value is -3.10. The molecule has 3 atom stereocenters. The molecule has 0 bridgehead atoms. The van der Waals surface area contributed by atoms with Gasteiger partial charge in [0.15, 0.2) is 11.8 Å². The fraction of sp³-hybridized carbons (Fsp3) is 0.417. The number of methoxy groups -OCH3 is 1. The van der Waals surface area contributed by atoms with Gasteiger partial charge in [0.25, 0.3) is 0 Å². The lowest BCUT2D eigenvalue weighted by Gasteiger charge is -2.40. The monoisotopic (exact) mass is 438 g/mol. The molecule has 4 rings (SSSR count). The van der Waals surface area contributed by atoms with Gasteiger partial charge in [-0.05, 0) is 32.4 Å². The smallest absolute Gasteiger partial charge is 0.407 e. The van der Waals surface area contributed by atoms with Crippen molar-refractivity contribution in [3.63, 3.8) is 0 Å². The number of carbonyl (C=O) groups excluding carboxylic acids is 1. The van der Waals surface area contributed by atoms with Crippen molar-refractivity contribution in [3.8, 4) is 0 Å². The number of pyridine rings is 1. The zero-order valence-corrected chi connectivity index (χ0v) is 18.9. The van der Waals surface area contributed by atoms with Crippen molar-refractivity contribution in [1.82, 2.24) is 14.7 Å². The molecule has 1 amide bonds. The van der Waals surface area contributed by atoms with Gasteiger partial charge in [-0.15, -0.1) is 0 Å². The highest BCUT2D eigenvalue weighted by Crippen LogP contribution is 2.44. The number of fused-ring (bicyclic) bond motifs is 3. The van der Waals surface area contributed by atoms with E-state index < -0.39 is 18.3 Å². The van der Waals surface area contributed by atoms with Crippen LogP contribution in [-0.4, -0.2) is 48.5 Å². The summed E-state index contributed by atoms with van der Waals surface area (Å²) in [6.07, 6.45) is 0.436. The van der Waals surface area contributed by atoms with Gasteiger partial charge in [0.2, 0.25) is 0 Å². The van der Waals surface area contributed by atoms with E-state index in [9.17, 15) is 4.79 Å². The van der Waals surface area contributed by atoms with E-state index in [0.717, 1.165) is 33.8 Å². The van der Waals surface area contributed by atoms with Crippen LogP contribution in [0.4, 0.5) is 10.5 Å². The molecule has 170 valence electrons. The second-order valence-electron chi connectivity index (χ2n) is 7.84. The average molecular weight is 439 g/mol. The number of hydrogen-bond donors (Lipinski definition) is 2. The molecular weight excluding hydrogens is 408 g/mol. The van der Waals surface area contributed by atoms with Crippen LogP contribution in [0.1, 0.15) is 41.6 Å². The number of aryl methyl sites for hydroxylation is 2. The predicted octanol–water partition coefficient (Wildman–Crippen LogP) is 3.94. The van der Waals surface area contributed by atoms with Gasteiger partial charge in [0.1, 0.15) is 6.10 Å². The number of hydrogen-bond acceptors (Lipinski definition) is 6. The summed E-state index contributed by atoms with van der Waals surface area (Å²) in [5, 5.41) is 6.35. The number of nitrogens with zero attached hydrogens (tertiary/aromatic N) is 2. The van der Waals surface area contributed by atoms with E-state index in [1.807, 2.05) is 63.4 Å². The van der Waals surface area contributed by atoms with Crippen molar-refractivity contribution >= 4 is 17.4 Å². The normalized spacial score (nSPS) is 19.9. The van der Waals surface area contributed by atoms with Gasteiger partial charge in [-0.3, -0.25) is 0 Å². The highest BCUT2D eigenvalue weighted by molar-refractivity contribution is 5.76. The average Bonchev–Trinajstić information content (AvgIpc) is 3.09. The van der Waals surface area contributed by atoms with Gasteiger partial charge in [0.05, 0.1) is 30.6 Å². The molecule has 1 aromatic carbocycles. The van der Waals surface area contributed by atoms with E-state index >= 15 is 0 Å². The summed E-state index contributed by atoms with van der Waals surface area (Å²) in [6.45, 7) is 7.19. The molecule has 2 aromatic heterocycles. The van der Waals surface area contributed by atoms with Gasteiger partial charge in [-0.2, -0.15) is 0 Å². The number of alkyl carbamates (subject to hydrolysis) is 1. The predicted molar refractivity (Wildman–Crippen MR) is 122 cm³/mol. The third-order valence-corrected chi connectivity index (χ3v) is 5.84. The summed E-state index contributed by atoms with van der Waals surface area (Å²) < 4.78 is 19.5. The van der Waals surface area contributed by atoms with Crippen LogP contribution in [0.15, 0.2) is 42.6 Å². The molecule has 1 aliphatic heterocycles. The molecule has 0 aliphatic carbocycles. The summed E-state index contributed by atoms with van der Waals surface area (Å²) in [5.41, 5.74) is 5.66. The van der Waals surface area contributed by atoms with E-state index in [-0.39, 0.29) is 6.04 Å². The quantitative estimate of drug-likeness (QED) is 0.544. The Morgan fingerprint density at radius 1 is 1.19 bits per heavy atom. The molecule has 1 aliphatic rings. The van der Waals surface area contributed by atoms with Gasteiger partial charge >= 0.3 is 6.09 Å². The number of ether oxygens (including phenoxy) is 3. The van der Waals surface area contributed by atoms with Crippen LogP contribution < -0.4 is 10.6 Å². The molecule has 0 saturated heterocycles. The van der Waals surface area contributed by atoms with Crippen molar-refractivity contribution < 1.29 is 19.0 Å². The number of amides is 1. The SMILES string of the molecule is CCNC(=O)OC1C(c2ccccc2)Nc2c(ccn3c(C)c(C)nc23)C1OCCOC. The molecule has 0 saturated carbocycles. The van der Waals surface area contributed by atoms with Crippen molar-refractivity contribution in [1.29, 1.82) is 0 Å². The Morgan fingerprint density at radius 3 is 2.69 bits per heavy atom. The lowest BCUT2D eigenvalue weighted by Crippen LogP contribution is -2.43. The Kier molecular flexibility index (Phi) is 6.62. The van der Waals surface area contributed by atoms with Gasteiger partial charge in [0, 0.05) is 31.1 Å². The third-order valence-electron chi connectivity index (χ3n) is 5.84. The number of rotatable bonds is 7. The topological polar surface area (TPSA) is 86.1 Å². The minimum absolute atomic E-state index is 0.317. The van der Waals surface area contributed by atoms with Crippen molar-refractivity contribution in [2.75, 3.05) is 32.2 Å². The maximum Gasteiger partial charge on any atom is 0.407 e. The van der Waals surface area contributed by atoms with Crippen LogP contribution in [0.5, 0.6) is 0 Å². The summed E-state index contributed by atoms with van der Waals surface area (Å²) in [6, 6.07) is 11.6. The standard InChI is InChI=1S/C24H30N4O4/c1-5-25-24(29)32-22-19(17-9-7-6-8-10-17)27-20-18(21(22)31-14-13-30-4)11-12-28-16(3)15(2)26-23(20)28/h6-12,19,21-22,27H,5,13-14H2,1-4H3,(H,25,29). The molecule has 0 fully saturated rings. The third kappa shape index (κ3) is 4.16. The highest BCUT2D eigenvalue weighted by Gasteiger charge is 2.42. The number of carbonyl (C=O) groups is 1. The second kappa shape index (κ2) is 9.58. The number of benzene rings is 1. The van der Waals surface area contributed by atoms with Crippen LogP contribution >= 0.6 is 0 Å². The minimum Gasteiger partial charge on any atom is -0.441 e. The number of imidazole rings is 1. The van der Waals surface area contributed by atoms with Crippen LogP contribution in [-0.2, 0) is 14.2 Å². The Labute approximate surface area is 187 Å². The van der Waals surface area contributed by atoms with E-state index in [0.29, 0.717) is 19.8 Å². The van der Waals surface area contributed by atoms with Crippen LogP contribution in [0.2, 0.25) is 0 Å². The highest BCUT2D eigenvalue weighted by atomic mass is 16.6. The Bertz CT molecular complexity index is 1080. The Balaban J connectivity index is 1.84. The molecule has 0 spiro atoms. The first-order chi connectivity index (χ1) is 15.5. The number of nitrogens with one attached hydrogen (secondary N) is 2. The second-order valence-corrected chi connectivity index (χ2v) is 7.84. The minimum atomic E-state index is -0.590. The lowest BCUT2D eigenvalue weighted by molar-refractivity contribution is -0.0681. The van der Waals surface area contributed by atoms with Crippen LogP contribution in [0.3, 0.4) is 0 Å². The van der Waals surface area contributed by atoms with E-state index in [4.69, 9.17) is 19.2 Å². The van der Waals surface area contributed by atoms with Gasteiger partial charge < -0.3 is 29.2 Å². The molecule has 0 radical (unpaired) electrons. The first-order valence-corrected chi connectivity index (χ1v) is 10.9. The molecule has 2 N–H and O–H groups in total. The first-order valence-electron chi connectivity index (χ1n) is 10.9. The van der Waals surface area contributed by atoms with Gasteiger partial charge in [-0.25, -0.2) is 9.78 Å². The molecular formula is C24H30N4O4. The fourth-order valence-electron chi connectivity index (χ4n) is 4.14. The molecule has 3 aromatic rings. The van der Waals surface area contributed by atoms with Gasteiger partial charge in [-0.1, -0.05) is 30.3 Å². The zero-order chi connectivity index (χ0) is 22.7. The summed E-state index contributed by atoms with van der Waals surface area (Å²) in [4.78, 5) is 17.3. The summed E-state index contributed by atoms with van der Waals surface area (Å²) in [5.74, 6) is 0. The zero-order valence-electron chi connectivity index (χ0n) is 18.9. The fourth-order valence-corrected chi connectivity index (χ4v) is 4.14. The molecule has 8 nitrogen and oxygen atoms in total. The molecule has 32 heavy (non-hydrogen) atoms. The summed E-state index contributed by atoms with van der Waals surface area (Å²) in [7, 11) is 1.63. The Morgan fingerprint density at radius 2 is 1.97 bits per heavy atom. The largest absolute Gasteiger partial charge is 0.441 e. The molecule has 3 heterocycles. The van der Waals surface area contributed by atoms with Crippen LogP contribution in [0, 0.1) is 13.8 Å². The van der Waals surface area contributed by atoms with Crippen molar-refractivity contribution in [2.45, 2.75) is 39.0 Å².